The van der Waals surface area contributed by atoms with Gasteiger partial charge in [0.25, 0.3) is 0 Å². The summed E-state index contributed by atoms with van der Waals surface area (Å²) < 4.78 is 66.7. The Bertz CT molecular complexity index is 799. The second-order valence-corrected chi connectivity index (χ2v) is 8.06. The molecule has 132 valence electrons. The molecule has 0 unspecified atom stereocenters. The second-order valence-electron chi connectivity index (χ2n) is 5.47. The fourth-order valence-corrected chi connectivity index (χ4v) is 2.97. The Morgan fingerprint density at radius 3 is 2.25 bits per heavy atom. The lowest BCUT2D eigenvalue weighted by Crippen LogP contribution is -2.32. The lowest BCUT2D eigenvalue weighted by Gasteiger charge is -2.19. The van der Waals surface area contributed by atoms with Crippen LogP contribution >= 0.6 is 0 Å². The third kappa shape index (κ3) is 3.93. The number of rotatable bonds is 5. The van der Waals surface area contributed by atoms with Crippen LogP contribution in [0.4, 0.5) is 13.2 Å². The van der Waals surface area contributed by atoms with Gasteiger partial charge in [0.1, 0.15) is 0 Å². The van der Waals surface area contributed by atoms with Crippen molar-refractivity contribution < 1.29 is 26.1 Å². The Morgan fingerprint density at radius 1 is 1.21 bits per heavy atom. The highest BCUT2D eigenvalue weighted by molar-refractivity contribution is 7.89. The molecule has 1 aromatic heterocycles. The predicted octanol–water partition coefficient (Wildman–Crippen LogP) is 2.93. The van der Waals surface area contributed by atoms with E-state index in [1.807, 2.05) is 0 Å². The van der Waals surface area contributed by atoms with Gasteiger partial charge in [0.15, 0.2) is 0 Å². The van der Waals surface area contributed by atoms with E-state index in [9.17, 15) is 21.6 Å². The summed E-state index contributed by atoms with van der Waals surface area (Å²) in [5, 5.41) is 2.75. The maximum atomic E-state index is 12.4. The van der Waals surface area contributed by atoms with Crippen molar-refractivity contribution in [3.05, 3.63) is 35.7 Å². The van der Waals surface area contributed by atoms with Crippen molar-refractivity contribution in [3.63, 3.8) is 0 Å². The van der Waals surface area contributed by atoms with Crippen LogP contribution in [0, 0.1) is 0 Å². The molecule has 0 spiro atoms. The number of nitrogens with zero attached hydrogens (tertiary/aromatic N) is 3. The van der Waals surface area contributed by atoms with Crippen LogP contribution in [-0.4, -0.2) is 35.2 Å². The molecule has 0 radical (unpaired) electrons. The van der Waals surface area contributed by atoms with E-state index in [1.165, 1.54) is 23.5 Å². The lowest BCUT2D eigenvalue weighted by atomic mass is 10.1. The van der Waals surface area contributed by atoms with Gasteiger partial charge in [-0.1, -0.05) is 29.4 Å². The van der Waals surface area contributed by atoms with Gasteiger partial charge in [-0.25, -0.2) is 12.7 Å². The molecule has 0 amide bonds. The van der Waals surface area contributed by atoms with Crippen LogP contribution in [-0.2, 0) is 22.7 Å². The van der Waals surface area contributed by atoms with Crippen molar-refractivity contribution in [2.45, 2.75) is 31.8 Å². The van der Waals surface area contributed by atoms with Gasteiger partial charge < -0.3 is 4.52 Å². The van der Waals surface area contributed by atoms with Crippen LogP contribution in [0.2, 0.25) is 0 Å². The molecule has 0 aliphatic carbocycles. The summed E-state index contributed by atoms with van der Waals surface area (Å²) in [6, 6.07) is 6.23. The zero-order valence-corrected chi connectivity index (χ0v) is 14.0. The van der Waals surface area contributed by atoms with Crippen LogP contribution in [0.3, 0.4) is 0 Å². The minimum absolute atomic E-state index is 0.154. The second kappa shape index (κ2) is 6.52. The van der Waals surface area contributed by atoms with Crippen molar-refractivity contribution in [1.82, 2.24) is 14.4 Å². The van der Waals surface area contributed by atoms with Crippen LogP contribution < -0.4 is 0 Å². The van der Waals surface area contributed by atoms with Crippen LogP contribution in [0.5, 0.6) is 0 Å². The standard InChI is InChI=1S/C14H16F3N3O3S/c1-9(2)24(21,22)20(3)8-10-4-6-11(7-5-10)12-18-13(23-19-12)14(15,16)17/h4-7,9H,8H2,1-3H3. The molecule has 0 aliphatic rings. The average Bonchev–Trinajstić information content (AvgIpc) is 2.97. The van der Waals surface area contributed by atoms with Gasteiger partial charge in [-0.3, -0.25) is 0 Å². The van der Waals surface area contributed by atoms with Gasteiger partial charge in [-0.15, -0.1) is 0 Å². The molecule has 6 nitrogen and oxygen atoms in total. The first-order valence-electron chi connectivity index (χ1n) is 6.97. The molecule has 0 N–H and O–H groups in total. The van der Waals surface area contributed by atoms with Gasteiger partial charge in [0, 0.05) is 19.2 Å². The molecule has 0 fully saturated rings. The molecule has 2 rings (SSSR count). The maximum Gasteiger partial charge on any atom is 0.471 e. The number of halogens is 3. The van der Waals surface area contributed by atoms with Crippen LogP contribution in [0.25, 0.3) is 11.4 Å². The number of hydrogen-bond acceptors (Lipinski definition) is 5. The van der Waals surface area contributed by atoms with Gasteiger partial charge in [0.2, 0.25) is 15.8 Å². The highest BCUT2D eigenvalue weighted by Crippen LogP contribution is 2.29. The molecule has 0 saturated carbocycles. The van der Waals surface area contributed by atoms with E-state index in [2.05, 4.69) is 14.7 Å². The third-order valence-corrected chi connectivity index (χ3v) is 5.51. The summed E-state index contributed by atoms with van der Waals surface area (Å²) in [4.78, 5) is 3.30. The Hall–Kier alpha value is -1.94. The SMILES string of the molecule is CC(C)S(=O)(=O)N(C)Cc1ccc(-c2noc(C(F)(F)F)n2)cc1. The molecule has 0 atom stereocenters. The van der Waals surface area contributed by atoms with Gasteiger partial charge in [-0.05, 0) is 19.4 Å². The summed E-state index contributed by atoms with van der Waals surface area (Å²) in [7, 11) is -1.91. The first kappa shape index (κ1) is 18.4. The summed E-state index contributed by atoms with van der Waals surface area (Å²) in [6.07, 6.45) is -4.70. The molecule has 10 heteroatoms. The van der Waals surface area contributed by atoms with E-state index in [4.69, 9.17) is 0 Å². The predicted molar refractivity (Wildman–Crippen MR) is 80.3 cm³/mol. The molecule has 2 aromatic rings. The Kier molecular flexibility index (Phi) is 5.00. The van der Waals surface area contributed by atoms with Crippen molar-refractivity contribution >= 4 is 10.0 Å². The quantitative estimate of drug-likeness (QED) is 0.816. The van der Waals surface area contributed by atoms with Crippen molar-refractivity contribution in [1.29, 1.82) is 0 Å². The van der Waals surface area contributed by atoms with E-state index in [1.54, 1.807) is 26.0 Å². The van der Waals surface area contributed by atoms with E-state index < -0.39 is 27.3 Å². The van der Waals surface area contributed by atoms with Crippen LogP contribution in [0.1, 0.15) is 25.3 Å². The Balaban J connectivity index is 2.15. The summed E-state index contributed by atoms with van der Waals surface area (Å²) in [5.74, 6) is -1.60. The third-order valence-electron chi connectivity index (χ3n) is 3.32. The van der Waals surface area contributed by atoms with Crippen molar-refractivity contribution in [3.8, 4) is 11.4 Å². The molecule has 1 heterocycles. The lowest BCUT2D eigenvalue weighted by molar-refractivity contribution is -0.159. The first-order valence-corrected chi connectivity index (χ1v) is 8.47. The number of hydrogen-bond donors (Lipinski definition) is 0. The molecule has 0 aliphatic heterocycles. The summed E-state index contributed by atoms with van der Waals surface area (Å²) in [5.41, 5.74) is 1.03. The molecular weight excluding hydrogens is 347 g/mol. The topological polar surface area (TPSA) is 76.3 Å². The number of benzene rings is 1. The normalized spacial score (nSPS) is 13.0. The van der Waals surface area contributed by atoms with Gasteiger partial charge in [-0.2, -0.15) is 18.2 Å². The van der Waals surface area contributed by atoms with Gasteiger partial charge >= 0.3 is 12.1 Å². The van der Waals surface area contributed by atoms with E-state index in [0.717, 1.165) is 0 Å². The largest absolute Gasteiger partial charge is 0.471 e. The fourth-order valence-electron chi connectivity index (χ4n) is 1.92. The number of aromatic nitrogens is 2. The number of alkyl halides is 3. The average molecular weight is 363 g/mol. The fraction of sp³-hybridized carbons (Fsp3) is 0.429. The summed E-state index contributed by atoms with van der Waals surface area (Å²) >= 11 is 0. The Labute approximate surface area is 137 Å². The highest BCUT2D eigenvalue weighted by Gasteiger charge is 2.38. The summed E-state index contributed by atoms with van der Waals surface area (Å²) in [6.45, 7) is 3.33. The van der Waals surface area contributed by atoms with E-state index in [-0.39, 0.29) is 12.4 Å². The molecule has 1 aromatic carbocycles. The van der Waals surface area contributed by atoms with Crippen molar-refractivity contribution in [2.24, 2.45) is 0 Å². The molecule has 0 saturated heterocycles. The molecular formula is C14H16F3N3O3S. The highest BCUT2D eigenvalue weighted by atomic mass is 32.2. The zero-order valence-electron chi connectivity index (χ0n) is 13.2. The zero-order chi connectivity index (χ0) is 18.1. The van der Waals surface area contributed by atoms with E-state index in [0.29, 0.717) is 11.1 Å². The molecule has 24 heavy (non-hydrogen) atoms. The smallest absolute Gasteiger partial charge is 0.329 e. The molecule has 0 bridgehead atoms. The maximum absolute atomic E-state index is 12.4. The van der Waals surface area contributed by atoms with Gasteiger partial charge in [0.05, 0.1) is 5.25 Å². The first-order chi connectivity index (χ1) is 11.0. The van der Waals surface area contributed by atoms with E-state index >= 15 is 0 Å². The van der Waals surface area contributed by atoms with Crippen molar-refractivity contribution in [2.75, 3.05) is 7.05 Å². The monoisotopic (exact) mass is 363 g/mol. The van der Waals surface area contributed by atoms with Crippen LogP contribution in [0.15, 0.2) is 28.8 Å². The number of sulfonamides is 1. The Morgan fingerprint density at radius 2 is 1.79 bits per heavy atom. The minimum atomic E-state index is -4.70. The minimum Gasteiger partial charge on any atom is -0.329 e.